The lowest BCUT2D eigenvalue weighted by Gasteiger charge is -2.38. The van der Waals surface area contributed by atoms with Gasteiger partial charge in [0.05, 0.1) is 12.1 Å². The Bertz CT molecular complexity index is 463. The maximum atomic E-state index is 9.79. The third-order valence-electron chi connectivity index (χ3n) is 4.05. The first-order valence-corrected chi connectivity index (χ1v) is 7.99. The molecule has 0 saturated heterocycles. The Morgan fingerprint density at radius 1 is 1.24 bits per heavy atom. The second-order valence-corrected chi connectivity index (χ2v) is 6.26. The lowest BCUT2D eigenvalue weighted by Crippen LogP contribution is -2.45. The van der Waals surface area contributed by atoms with Crippen molar-refractivity contribution in [1.82, 2.24) is 15.0 Å². The van der Waals surface area contributed by atoms with Gasteiger partial charge in [0, 0.05) is 6.54 Å². The topological polar surface area (TPSA) is 83.0 Å². The van der Waals surface area contributed by atoms with Crippen LogP contribution in [0.1, 0.15) is 46.0 Å². The molecule has 6 nitrogen and oxygen atoms in total. The Kier molecular flexibility index (Phi) is 5.58. The van der Waals surface area contributed by atoms with Crippen LogP contribution >= 0.6 is 11.6 Å². The molecule has 1 aliphatic carbocycles. The lowest BCUT2D eigenvalue weighted by molar-refractivity contribution is 0.154. The number of halogens is 1. The average Bonchev–Trinajstić information content (AvgIpc) is 2.47. The number of nitrogens with zero attached hydrogens (tertiary/aromatic N) is 3. The molecule has 0 spiro atoms. The van der Waals surface area contributed by atoms with E-state index in [4.69, 9.17) is 11.6 Å². The van der Waals surface area contributed by atoms with Crippen LogP contribution < -0.4 is 10.6 Å². The second kappa shape index (κ2) is 7.22. The Labute approximate surface area is 130 Å². The van der Waals surface area contributed by atoms with Crippen molar-refractivity contribution in [3.63, 3.8) is 0 Å². The average molecular weight is 314 g/mol. The number of aliphatic hydroxyl groups is 1. The maximum Gasteiger partial charge on any atom is 0.229 e. The van der Waals surface area contributed by atoms with Crippen molar-refractivity contribution in [1.29, 1.82) is 0 Å². The van der Waals surface area contributed by atoms with Crippen molar-refractivity contribution in [3.05, 3.63) is 5.28 Å². The summed E-state index contributed by atoms with van der Waals surface area (Å²) in [7, 11) is 0. The van der Waals surface area contributed by atoms with E-state index in [-0.39, 0.29) is 17.4 Å². The van der Waals surface area contributed by atoms with Crippen LogP contribution in [0.15, 0.2) is 0 Å². The van der Waals surface area contributed by atoms with Crippen molar-refractivity contribution < 1.29 is 5.11 Å². The van der Waals surface area contributed by atoms with E-state index in [2.05, 4.69) is 39.4 Å². The van der Waals surface area contributed by atoms with Crippen LogP contribution in [0, 0.1) is 5.92 Å². The zero-order chi connectivity index (χ0) is 15.3. The molecule has 1 aliphatic rings. The van der Waals surface area contributed by atoms with Crippen molar-refractivity contribution in [3.8, 4) is 0 Å². The van der Waals surface area contributed by atoms with E-state index in [1.54, 1.807) is 0 Å². The van der Waals surface area contributed by atoms with Crippen molar-refractivity contribution in [2.24, 2.45) is 5.92 Å². The molecule has 1 aromatic rings. The van der Waals surface area contributed by atoms with Gasteiger partial charge in [-0.15, -0.1) is 0 Å². The monoisotopic (exact) mass is 313 g/mol. The van der Waals surface area contributed by atoms with Gasteiger partial charge in [-0.1, -0.05) is 13.8 Å². The normalized spacial score (nSPS) is 25.6. The van der Waals surface area contributed by atoms with E-state index in [0.717, 1.165) is 38.6 Å². The summed E-state index contributed by atoms with van der Waals surface area (Å²) in [4.78, 5) is 12.5. The molecule has 1 heterocycles. The second-order valence-electron chi connectivity index (χ2n) is 5.92. The third kappa shape index (κ3) is 4.41. The molecular formula is C14H24ClN5O. The summed E-state index contributed by atoms with van der Waals surface area (Å²) in [5.74, 6) is 1.60. The summed E-state index contributed by atoms with van der Waals surface area (Å²) in [6.45, 7) is 5.16. The van der Waals surface area contributed by atoms with E-state index in [1.165, 1.54) is 0 Å². The van der Waals surface area contributed by atoms with Crippen LogP contribution in [0.25, 0.3) is 0 Å². The molecule has 21 heavy (non-hydrogen) atoms. The largest absolute Gasteiger partial charge is 0.394 e. The maximum absolute atomic E-state index is 9.79. The molecule has 0 bridgehead atoms. The minimum atomic E-state index is -0.348. The predicted molar refractivity (Wildman–Crippen MR) is 84.7 cm³/mol. The van der Waals surface area contributed by atoms with E-state index in [0.29, 0.717) is 17.8 Å². The van der Waals surface area contributed by atoms with E-state index in [1.807, 2.05) is 0 Å². The Hall–Kier alpha value is -1.14. The van der Waals surface area contributed by atoms with Crippen LogP contribution in [0.3, 0.4) is 0 Å². The van der Waals surface area contributed by atoms with Crippen molar-refractivity contribution in [2.45, 2.75) is 51.5 Å². The van der Waals surface area contributed by atoms with Crippen LogP contribution in [0.4, 0.5) is 11.9 Å². The molecule has 2 rings (SSSR count). The third-order valence-corrected chi connectivity index (χ3v) is 4.22. The lowest BCUT2D eigenvalue weighted by atomic mass is 9.77. The highest BCUT2D eigenvalue weighted by Gasteiger charge is 2.34. The predicted octanol–water partition coefficient (Wildman–Crippen LogP) is 2.70. The molecule has 118 valence electrons. The minimum absolute atomic E-state index is 0.0702. The fourth-order valence-corrected chi connectivity index (χ4v) is 2.76. The molecule has 0 unspecified atom stereocenters. The highest BCUT2D eigenvalue weighted by atomic mass is 35.5. The smallest absolute Gasteiger partial charge is 0.229 e. The van der Waals surface area contributed by atoms with E-state index in [9.17, 15) is 5.11 Å². The van der Waals surface area contributed by atoms with Gasteiger partial charge in [-0.3, -0.25) is 0 Å². The molecular weight excluding hydrogens is 290 g/mol. The van der Waals surface area contributed by atoms with Gasteiger partial charge in [-0.2, -0.15) is 15.0 Å². The molecule has 1 aromatic heterocycles. The SMILES string of the molecule is CCCNc1nc(Cl)nc(NC2(CO)CCC(C)CC2)n1. The number of anilines is 2. The summed E-state index contributed by atoms with van der Waals surface area (Å²) in [6, 6.07) is 0. The Morgan fingerprint density at radius 3 is 2.52 bits per heavy atom. The molecule has 3 N–H and O–H groups in total. The fourth-order valence-electron chi connectivity index (χ4n) is 2.60. The molecule has 0 atom stereocenters. The highest BCUT2D eigenvalue weighted by molar-refractivity contribution is 6.28. The summed E-state index contributed by atoms with van der Waals surface area (Å²) >= 11 is 5.95. The number of hydrogen-bond acceptors (Lipinski definition) is 6. The Balaban J connectivity index is 2.11. The minimum Gasteiger partial charge on any atom is -0.394 e. The van der Waals surface area contributed by atoms with Crippen LogP contribution in [0.5, 0.6) is 0 Å². The zero-order valence-corrected chi connectivity index (χ0v) is 13.4. The first-order chi connectivity index (χ1) is 10.1. The number of aliphatic hydroxyl groups excluding tert-OH is 1. The van der Waals surface area contributed by atoms with Gasteiger partial charge in [0.25, 0.3) is 0 Å². The number of hydrogen-bond donors (Lipinski definition) is 3. The van der Waals surface area contributed by atoms with Crippen molar-refractivity contribution in [2.75, 3.05) is 23.8 Å². The molecule has 1 fully saturated rings. The van der Waals surface area contributed by atoms with Gasteiger partial charge in [0.15, 0.2) is 0 Å². The molecule has 0 aliphatic heterocycles. The van der Waals surface area contributed by atoms with Crippen molar-refractivity contribution >= 4 is 23.5 Å². The first-order valence-electron chi connectivity index (χ1n) is 7.61. The van der Waals surface area contributed by atoms with Crippen LogP contribution in [-0.2, 0) is 0 Å². The summed E-state index contributed by atoms with van der Waals surface area (Å²) in [6.07, 6.45) is 4.97. The van der Waals surface area contributed by atoms with Crippen LogP contribution in [-0.4, -0.2) is 38.7 Å². The summed E-state index contributed by atoms with van der Waals surface area (Å²) in [5, 5.41) is 16.3. The van der Waals surface area contributed by atoms with Gasteiger partial charge in [0.2, 0.25) is 17.2 Å². The molecule has 1 saturated carbocycles. The number of rotatable bonds is 6. The number of aromatic nitrogens is 3. The Morgan fingerprint density at radius 2 is 1.90 bits per heavy atom. The molecule has 0 aromatic carbocycles. The molecule has 0 amide bonds. The van der Waals surface area contributed by atoms with E-state index >= 15 is 0 Å². The van der Waals surface area contributed by atoms with Gasteiger partial charge in [-0.05, 0) is 49.6 Å². The molecule has 0 radical (unpaired) electrons. The standard InChI is InChI=1S/C14H24ClN5O/c1-3-8-16-12-17-11(15)18-13(19-12)20-14(9-21)6-4-10(2)5-7-14/h10,21H,3-9H2,1-2H3,(H2,16,17,18,19,20). The highest BCUT2D eigenvalue weighted by Crippen LogP contribution is 2.33. The summed E-state index contributed by atoms with van der Waals surface area (Å²) < 4.78 is 0. The van der Waals surface area contributed by atoms with Gasteiger partial charge in [-0.25, -0.2) is 0 Å². The van der Waals surface area contributed by atoms with Gasteiger partial charge < -0.3 is 15.7 Å². The summed E-state index contributed by atoms with van der Waals surface area (Å²) in [5.41, 5.74) is -0.348. The van der Waals surface area contributed by atoms with E-state index < -0.39 is 0 Å². The molecule has 7 heteroatoms. The van der Waals surface area contributed by atoms with Crippen LogP contribution in [0.2, 0.25) is 5.28 Å². The first kappa shape index (κ1) is 16.2. The van der Waals surface area contributed by atoms with Gasteiger partial charge >= 0.3 is 0 Å². The quantitative estimate of drug-likeness (QED) is 0.749. The zero-order valence-electron chi connectivity index (χ0n) is 12.7. The van der Waals surface area contributed by atoms with Gasteiger partial charge in [0.1, 0.15) is 0 Å². The number of nitrogens with one attached hydrogen (secondary N) is 2. The fraction of sp³-hybridized carbons (Fsp3) is 0.786.